The lowest BCUT2D eigenvalue weighted by Gasteiger charge is -2.02. The maximum absolute atomic E-state index is 6.67. The van der Waals surface area contributed by atoms with E-state index in [1.165, 1.54) is 0 Å². The van der Waals surface area contributed by atoms with Gasteiger partial charge in [0.15, 0.2) is 0 Å². The van der Waals surface area contributed by atoms with E-state index >= 15 is 0 Å². The van der Waals surface area contributed by atoms with E-state index in [0.717, 1.165) is 0 Å². The molecule has 0 saturated carbocycles. The van der Waals surface area contributed by atoms with Crippen LogP contribution < -0.4 is 11.6 Å². The Hall–Kier alpha value is -0.610. The maximum Gasteiger partial charge on any atom is 0.132 e. The molecule has 1 atom stereocenters. The summed E-state index contributed by atoms with van der Waals surface area (Å²) in [5, 5.41) is 6.67. The van der Waals surface area contributed by atoms with Crippen LogP contribution in [0.25, 0.3) is 0 Å². The molecule has 4 nitrogen and oxygen atoms in total. The molecule has 0 aliphatic heterocycles. The normalized spacial score (nSPS) is 13.4. The number of hydrogen-bond acceptors (Lipinski definition) is 3. The average molecular weight is 103 g/mol. The van der Waals surface area contributed by atoms with E-state index in [0.29, 0.717) is 0 Å². The Morgan fingerprint density at radius 1 is 1.86 bits per heavy atom. The van der Waals surface area contributed by atoms with Crippen LogP contribution in [-0.2, 0) is 4.84 Å². The largest absolute Gasteiger partial charge is 0.385 e. The molecular weight excluding hydrogens is 94.1 g/mol. The lowest BCUT2D eigenvalue weighted by molar-refractivity contribution is 0.111. The van der Waals surface area contributed by atoms with Gasteiger partial charge < -0.3 is 5.73 Å². The molecule has 4 heteroatoms. The summed E-state index contributed by atoms with van der Waals surface area (Å²) in [4.78, 5) is 4.16. The third-order valence-corrected chi connectivity index (χ3v) is 0.642. The van der Waals surface area contributed by atoms with E-state index in [-0.39, 0.29) is 5.84 Å². The predicted octanol–water partition coefficient (Wildman–Crippen LogP) is -0.799. The van der Waals surface area contributed by atoms with Gasteiger partial charge in [-0.25, -0.2) is 5.90 Å². The molecule has 0 aliphatic rings. The number of nitrogens with two attached hydrogens (primary N) is 2. The van der Waals surface area contributed by atoms with Crippen LogP contribution >= 0.6 is 0 Å². The molecule has 0 saturated heterocycles. The fraction of sp³-hybridized carbons (Fsp3) is 0.667. The minimum absolute atomic E-state index is 0.0532. The number of nitrogens with one attached hydrogen (secondary N) is 1. The molecule has 0 rings (SSSR count). The van der Waals surface area contributed by atoms with Crippen molar-refractivity contribution < 1.29 is 4.84 Å². The van der Waals surface area contributed by atoms with E-state index < -0.39 is 6.10 Å². The highest BCUT2D eigenvalue weighted by Crippen LogP contribution is 1.79. The van der Waals surface area contributed by atoms with Crippen molar-refractivity contribution in [2.75, 3.05) is 0 Å². The van der Waals surface area contributed by atoms with Crippen molar-refractivity contribution in [1.82, 2.24) is 0 Å². The second kappa shape index (κ2) is 2.54. The summed E-state index contributed by atoms with van der Waals surface area (Å²) >= 11 is 0. The summed E-state index contributed by atoms with van der Waals surface area (Å²) in [6.07, 6.45) is -0.458. The summed E-state index contributed by atoms with van der Waals surface area (Å²) in [5.41, 5.74) is 4.92. The molecule has 0 heterocycles. The average Bonchev–Trinajstić information content (AvgIpc) is 1.65. The molecule has 0 aromatic rings. The second-order valence-corrected chi connectivity index (χ2v) is 1.23. The van der Waals surface area contributed by atoms with Gasteiger partial charge in [0.25, 0.3) is 0 Å². The van der Waals surface area contributed by atoms with Crippen LogP contribution in [0.2, 0.25) is 0 Å². The van der Waals surface area contributed by atoms with Gasteiger partial charge in [-0.2, -0.15) is 0 Å². The molecule has 0 aromatic heterocycles. The van der Waals surface area contributed by atoms with Crippen molar-refractivity contribution in [2.45, 2.75) is 13.0 Å². The van der Waals surface area contributed by atoms with E-state index in [1.807, 2.05) is 0 Å². The summed E-state index contributed by atoms with van der Waals surface area (Å²) in [7, 11) is 0. The highest BCUT2D eigenvalue weighted by Gasteiger charge is 1.99. The summed E-state index contributed by atoms with van der Waals surface area (Å²) in [6, 6.07) is 0. The molecule has 0 radical (unpaired) electrons. The smallest absolute Gasteiger partial charge is 0.132 e. The predicted molar refractivity (Wildman–Crippen MR) is 26.6 cm³/mol. The van der Waals surface area contributed by atoms with E-state index in [4.69, 9.17) is 11.1 Å². The third-order valence-electron chi connectivity index (χ3n) is 0.642. The van der Waals surface area contributed by atoms with Crippen molar-refractivity contribution in [3.05, 3.63) is 0 Å². The number of amidine groups is 1. The third kappa shape index (κ3) is 2.13. The fourth-order valence-electron chi connectivity index (χ4n) is 0.0733. The van der Waals surface area contributed by atoms with E-state index in [9.17, 15) is 0 Å². The van der Waals surface area contributed by atoms with Crippen LogP contribution in [0.3, 0.4) is 0 Å². The topological polar surface area (TPSA) is 85.1 Å². The van der Waals surface area contributed by atoms with Crippen molar-refractivity contribution in [3.8, 4) is 0 Å². The van der Waals surface area contributed by atoms with Crippen molar-refractivity contribution in [1.29, 1.82) is 5.41 Å². The molecule has 1 unspecified atom stereocenters. The summed E-state index contributed by atoms with van der Waals surface area (Å²) in [6.45, 7) is 1.60. The second-order valence-electron chi connectivity index (χ2n) is 1.23. The highest BCUT2D eigenvalue weighted by atomic mass is 16.6. The first-order valence-corrected chi connectivity index (χ1v) is 1.88. The van der Waals surface area contributed by atoms with Gasteiger partial charge in [0.05, 0.1) is 0 Å². The van der Waals surface area contributed by atoms with Gasteiger partial charge >= 0.3 is 0 Å². The van der Waals surface area contributed by atoms with E-state index in [2.05, 4.69) is 10.7 Å². The fourth-order valence-corrected chi connectivity index (χ4v) is 0.0733. The zero-order valence-electron chi connectivity index (χ0n) is 4.14. The lowest BCUT2D eigenvalue weighted by atomic mass is 10.4. The van der Waals surface area contributed by atoms with Crippen LogP contribution in [0.4, 0.5) is 0 Å². The molecular formula is C3H9N3O. The molecule has 0 aromatic carbocycles. The quantitative estimate of drug-likeness (QED) is 0.243. The Morgan fingerprint density at radius 2 is 2.29 bits per heavy atom. The standard InChI is InChI=1S/C3H9N3O/c1-2(7-6)3(4)5/h2H,6H2,1H3,(H3,4,5). The van der Waals surface area contributed by atoms with E-state index in [1.54, 1.807) is 6.92 Å². The summed E-state index contributed by atoms with van der Waals surface area (Å²) < 4.78 is 0. The monoisotopic (exact) mass is 103 g/mol. The first kappa shape index (κ1) is 6.39. The minimum atomic E-state index is -0.458. The van der Waals surface area contributed by atoms with Gasteiger partial charge in [-0.05, 0) is 6.92 Å². The van der Waals surface area contributed by atoms with Gasteiger partial charge in [0.1, 0.15) is 11.9 Å². The Labute approximate surface area is 41.9 Å². The molecule has 7 heavy (non-hydrogen) atoms. The molecule has 0 aliphatic carbocycles. The lowest BCUT2D eigenvalue weighted by Crippen LogP contribution is -2.29. The minimum Gasteiger partial charge on any atom is -0.385 e. The summed E-state index contributed by atoms with van der Waals surface area (Å²) in [5.74, 6) is 4.60. The molecule has 0 amide bonds. The van der Waals surface area contributed by atoms with Crippen molar-refractivity contribution in [2.24, 2.45) is 11.6 Å². The van der Waals surface area contributed by atoms with Crippen LogP contribution in [0, 0.1) is 5.41 Å². The Morgan fingerprint density at radius 3 is 2.29 bits per heavy atom. The SMILES string of the molecule is CC(ON)C(=N)N. The number of rotatable bonds is 2. The Bertz CT molecular complexity index is 72.6. The molecule has 0 fully saturated rings. The van der Waals surface area contributed by atoms with Crippen LogP contribution in [-0.4, -0.2) is 11.9 Å². The first-order valence-electron chi connectivity index (χ1n) is 1.88. The first-order chi connectivity index (χ1) is 3.18. The highest BCUT2D eigenvalue weighted by molar-refractivity contribution is 5.81. The van der Waals surface area contributed by atoms with Crippen molar-refractivity contribution >= 4 is 5.84 Å². The van der Waals surface area contributed by atoms with Gasteiger partial charge in [-0.3, -0.25) is 10.2 Å². The van der Waals surface area contributed by atoms with Crippen LogP contribution in [0.5, 0.6) is 0 Å². The Balaban J connectivity index is 3.34. The maximum atomic E-state index is 6.67. The van der Waals surface area contributed by atoms with Gasteiger partial charge in [-0.15, -0.1) is 0 Å². The van der Waals surface area contributed by atoms with Crippen LogP contribution in [0.15, 0.2) is 0 Å². The molecule has 0 bridgehead atoms. The molecule has 5 N–H and O–H groups in total. The van der Waals surface area contributed by atoms with Gasteiger partial charge in [-0.1, -0.05) is 0 Å². The zero-order chi connectivity index (χ0) is 5.86. The molecule has 42 valence electrons. The molecule has 0 spiro atoms. The number of hydrogen-bond donors (Lipinski definition) is 3. The van der Waals surface area contributed by atoms with Crippen molar-refractivity contribution in [3.63, 3.8) is 0 Å². The Kier molecular flexibility index (Phi) is 2.32. The van der Waals surface area contributed by atoms with Crippen LogP contribution in [0.1, 0.15) is 6.92 Å². The zero-order valence-corrected chi connectivity index (χ0v) is 4.14. The van der Waals surface area contributed by atoms with Gasteiger partial charge in [0.2, 0.25) is 0 Å². The van der Waals surface area contributed by atoms with Gasteiger partial charge in [0, 0.05) is 0 Å².